The Morgan fingerprint density at radius 3 is 2.38 bits per heavy atom. The first-order chi connectivity index (χ1) is 19.4. The second kappa shape index (κ2) is 11.4. The highest BCUT2D eigenvalue weighted by Gasteiger charge is 2.42. The van der Waals surface area contributed by atoms with Gasteiger partial charge in [0.25, 0.3) is 0 Å². The van der Waals surface area contributed by atoms with Crippen molar-refractivity contribution in [3.63, 3.8) is 0 Å². The third-order valence-electron chi connectivity index (χ3n) is 7.37. The van der Waals surface area contributed by atoms with Gasteiger partial charge < -0.3 is 10.2 Å². The normalized spacial score (nSPS) is 17.9. The number of rotatable bonds is 7. The van der Waals surface area contributed by atoms with Crippen LogP contribution < -0.4 is 20.4 Å². The van der Waals surface area contributed by atoms with Gasteiger partial charge in [-0.15, -0.1) is 0 Å². The Bertz CT molecular complexity index is 1480. The molecule has 0 bridgehead atoms. The van der Waals surface area contributed by atoms with Crippen LogP contribution in [-0.2, 0) is 32.4 Å². The van der Waals surface area contributed by atoms with Crippen molar-refractivity contribution >= 4 is 27.4 Å². The number of halogens is 4. The van der Waals surface area contributed by atoms with E-state index in [0.29, 0.717) is 37.1 Å². The van der Waals surface area contributed by atoms with E-state index in [9.17, 15) is 30.8 Å². The molecule has 0 saturated carbocycles. The summed E-state index contributed by atoms with van der Waals surface area (Å²) in [6.07, 6.45) is -0.652. The summed E-state index contributed by atoms with van der Waals surface area (Å²) in [4.78, 5) is 24.6. The Morgan fingerprint density at radius 1 is 1.17 bits per heavy atom. The van der Waals surface area contributed by atoms with E-state index in [-0.39, 0.29) is 23.5 Å². The lowest BCUT2D eigenvalue weighted by molar-refractivity contribution is -0.141. The van der Waals surface area contributed by atoms with Gasteiger partial charge >= 0.3 is 6.18 Å². The maximum absolute atomic E-state index is 14.5. The molecule has 1 fully saturated rings. The Kier molecular flexibility index (Phi) is 8.53. The fourth-order valence-electron chi connectivity index (χ4n) is 4.81. The van der Waals surface area contributed by atoms with Gasteiger partial charge in [-0.3, -0.25) is 19.8 Å². The summed E-state index contributed by atoms with van der Waals surface area (Å²) in [5.41, 5.74) is 2.65. The molecule has 1 saturated heterocycles. The molecule has 1 atom stereocenters. The average molecular weight is 614 g/mol. The van der Waals surface area contributed by atoms with E-state index in [2.05, 4.69) is 47.4 Å². The number of carbonyl (C=O) groups excluding carboxylic acids is 1. The minimum atomic E-state index is -4.65. The third-order valence-corrected chi connectivity index (χ3v) is 7.96. The Hall–Kier alpha value is -3.39. The fraction of sp³-hybridized carbons (Fsp3) is 0.500. The van der Waals surface area contributed by atoms with Crippen molar-refractivity contribution < 1.29 is 35.6 Å². The largest absolute Gasteiger partial charge is 0.433 e. The number of hydroxylamine groups is 1. The smallest absolute Gasteiger partial charge is 0.356 e. The zero-order valence-corrected chi connectivity index (χ0v) is 24.8. The molecule has 230 valence electrons. The minimum absolute atomic E-state index is 0.104. The van der Waals surface area contributed by atoms with E-state index in [1.165, 1.54) is 18.2 Å². The molecule has 9 nitrogen and oxygen atoms in total. The number of piperidine rings is 1. The molecule has 42 heavy (non-hydrogen) atoms. The molecule has 0 radical (unpaired) electrons. The maximum atomic E-state index is 14.5. The van der Waals surface area contributed by atoms with Gasteiger partial charge in [0, 0.05) is 49.2 Å². The first-order valence-electron chi connectivity index (χ1n) is 13.4. The second-order valence-corrected chi connectivity index (χ2v) is 13.5. The van der Waals surface area contributed by atoms with Crippen LogP contribution in [0.25, 0.3) is 0 Å². The van der Waals surface area contributed by atoms with E-state index < -0.39 is 45.1 Å². The number of aromatic nitrogens is 1. The molecular weight excluding hydrogens is 578 g/mol. The van der Waals surface area contributed by atoms with E-state index in [1.807, 2.05) is 0 Å². The van der Waals surface area contributed by atoms with E-state index in [1.54, 1.807) is 11.8 Å². The summed E-state index contributed by atoms with van der Waals surface area (Å²) in [6, 6.07) is 5.89. The summed E-state index contributed by atoms with van der Waals surface area (Å²) in [5.74, 6) is -2.04. The van der Waals surface area contributed by atoms with E-state index >= 15 is 0 Å². The molecule has 3 N–H and O–H groups in total. The third kappa shape index (κ3) is 7.33. The SMILES string of the molecule is CC(C(=O)NCc1ccc(C(F)(F)F)nc1N1CCC2(C=C(C(C)(C)C)NO2)CC1)c1ccc(NS(C)(=O)=O)c(F)c1. The van der Waals surface area contributed by atoms with Gasteiger partial charge in [0.15, 0.2) is 0 Å². The number of benzene rings is 1. The highest BCUT2D eigenvalue weighted by Crippen LogP contribution is 2.39. The monoisotopic (exact) mass is 613 g/mol. The number of nitrogens with zero attached hydrogens (tertiary/aromatic N) is 2. The number of anilines is 2. The Labute approximate surface area is 242 Å². The van der Waals surface area contributed by atoms with Crippen molar-refractivity contribution in [1.82, 2.24) is 15.8 Å². The lowest BCUT2D eigenvalue weighted by Gasteiger charge is -2.38. The highest BCUT2D eigenvalue weighted by atomic mass is 32.2. The molecule has 3 heterocycles. The second-order valence-electron chi connectivity index (χ2n) is 11.8. The van der Waals surface area contributed by atoms with Crippen molar-refractivity contribution in [3.05, 3.63) is 64.7 Å². The first kappa shape index (κ1) is 31.5. The maximum Gasteiger partial charge on any atom is 0.433 e. The molecule has 1 unspecified atom stereocenters. The Morgan fingerprint density at radius 2 is 1.83 bits per heavy atom. The summed E-state index contributed by atoms with van der Waals surface area (Å²) in [6.45, 7) is 8.37. The van der Waals surface area contributed by atoms with Crippen LogP contribution in [0.4, 0.5) is 29.1 Å². The minimum Gasteiger partial charge on any atom is -0.356 e. The van der Waals surface area contributed by atoms with Crippen LogP contribution in [0.1, 0.15) is 63.3 Å². The fourth-order valence-corrected chi connectivity index (χ4v) is 5.37. The van der Waals surface area contributed by atoms with Gasteiger partial charge in [-0.2, -0.15) is 13.2 Å². The lowest BCUT2D eigenvalue weighted by Crippen LogP contribution is -2.45. The molecule has 14 heteroatoms. The van der Waals surface area contributed by atoms with Crippen LogP contribution in [-0.4, -0.2) is 44.3 Å². The number of sulfonamides is 1. The zero-order valence-electron chi connectivity index (χ0n) is 24.0. The van der Waals surface area contributed by atoms with Gasteiger partial charge in [-0.05, 0) is 36.8 Å². The topological polar surface area (TPSA) is 113 Å². The van der Waals surface area contributed by atoms with Crippen molar-refractivity contribution in [1.29, 1.82) is 0 Å². The number of nitrogens with one attached hydrogen (secondary N) is 3. The number of allylic oxidation sites excluding steroid dienone is 1. The molecule has 1 amide bonds. The predicted molar refractivity (Wildman–Crippen MR) is 150 cm³/mol. The van der Waals surface area contributed by atoms with Crippen molar-refractivity contribution in [3.8, 4) is 0 Å². The average Bonchev–Trinajstić information content (AvgIpc) is 3.31. The number of carbonyl (C=O) groups is 1. The highest BCUT2D eigenvalue weighted by molar-refractivity contribution is 7.92. The summed E-state index contributed by atoms with van der Waals surface area (Å²) >= 11 is 0. The molecule has 2 aromatic rings. The molecule has 1 aromatic heterocycles. The van der Waals surface area contributed by atoms with Crippen molar-refractivity contribution in [2.75, 3.05) is 29.0 Å². The predicted octanol–water partition coefficient (Wildman–Crippen LogP) is 4.83. The van der Waals surface area contributed by atoms with E-state index in [4.69, 9.17) is 4.84 Å². The number of amides is 1. The van der Waals surface area contributed by atoms with Crippen LogP contribution in [0.15, 0.2) is 42.1 Å². The molecule has 2 aliphatic rings. The number of hydrogen-bond donors (Lipinski definition) is 3. The molecule has 0 aliphatic carbocycles. The molecule has 4 rings (SSSR count). The quantitative estimate of drug-likeness (QED) is 0.384. The van der Waals surface area contributed by atoms with Crippen LogP contribution in [0, 0.1) is 11.2 Å². The van der Waals surface area contributed by atoms with Crippen LogP contribution in [0.3, 0.4) is 0 Å². The van der Waals surface area contributed by atoms with Crippen LogP contribution in [0.5, 0.6) is 0 Å². The van der Waals surface area contributed by atoms with Crippen LogP contribution in [0.2, 0.25) is 0 Å². The number of pyridine rings is 1. The number of alkyl halides is 3. The Balaban J connectivity index is 1.49. The van der Waals surface area contributed by atoms with Gasteiger partial charge in [0.05, 0.1) is 17.9 Å². The van der Waals surface area contributed by atoms with Gasteiger partial charge in [-0.25, -0.2) is 17.8 Å². The standard InChI is InChI=1S/C28H35F4N5O4S/c1-17(18-6-8-21(20(29)14-18)36-42(5,39)40)25(38)33-16-19-7-9-22(28(30,31)32)34-24(19)37-12-10-27(11-13-37)15-23(35-41-27)26(2,3)4/h6-9,14-15,17,35-36H,10-13,16H2,1-5H3,(H,33,38). The van der Waals surface area contributed by atoms with Crippen LogP contribution >= 0.6 is 0 Å². The van der Waals surface area contributed by atoms with E-state index in [0.717, 1.165) is 24.1 Å². The molecular formula is C28H35F4N5O4S. The number of hydrogen-bond acceptors (Lipinski definition) is 7. The zero-order chi connectivity index (χ0) is 31.1. The molecule has 1 aromatic carbocycles. The lowest BCUT2D eigenvalue weighted by atomic mass is 9.85. The first-order valence-corrected chi connectivity index (χ1v) is 15.3. The summed E-state index contributed by atoms with van der Waals surface area (Å²) in [7, 11) is -3.69. The van der Waals surface area contributed by atoms with Crippen molar-refractivity contribution in [2.45, 2.75) is 64.8 Å². The van der Waals surface area contributed by atoms with Gasteiger partial charge in [0.1, 0.15) is 22.9 Å². The molecule has 1 spiro atoms. The summed E-state index contributed by atoms with van der Waals surface area (Å²) < 4.78 is 80.0. The van der Waals surface area contributed by atoms with Gasteiger partial charge in [0.2, 0.25) is 15.9 Å². The molecule has 2 aliphatic heterocycles. The summed E-state index contributed by atoms with van der Waals surface area (Å²) in [5, 5.41) is 2.71. The van der Waals surface area contributed by atoms with Crippen molar-refractivity contribution in [2.24, 2.45) is 5.41 Å². The van der Waals surface area contributed by atoms with Gasteiger partial charge in [-0.1, -0.05) is 32.9 Å².